The molecule has 0 aromatic heterocycles. The lowest BCUT2D eigenvalue weighted by molar-refractivity contribution is -0.150. The molecule has 5 heteroatoms. The van der Waals surface area contributed by atoms with E-state index >= 15 is 0 Å². The first kappa shape index (κ1) is 15.7. The van der Waals surface area contributed by atoms with Crippen molar-refractivity contribution in [1.29, 1.82) is 0 Å². The van der Waals surface area contributed by atoms with Crippen molar-refractivity contribution in [2.45, 2.75) is 20.3 Å². The van der Waals surface area contributed by atoms with Crippen molar-refractivity contribution in [1.82, 2.24) is 5.32 Å². The lowest BCUT2D eigenvalue weighted by atomic mass is 9.94. The average molecular weight is 249 g/mol. The Hall–Kier alpha value is -0.260. The second-order valence-electron chi connectivity index (χ2n) is 4.24. The van der Waals surface area contributed by atoms with Crippen LogP contribution in [0.5, 0.6) is 0 Å². The van der Waals surface area contributed by atoms with Crippen molar-refractivity contribution in [2.75, 3.05) is 38.3 Å². The van der Waals surface area contributed by atoms with Crippen LogP contribution in [0.4, 0.5) is 0 Å². The predicted molar refractivity (Wildman–Crippen MR) is 67.7 cm³/mol. The van der Waals surface area contributed by atoms with Crippen LogP contribution in [-0.2, 0) is 9.53 Å². The van der Waals surface area contributed by atoms with Gasteiger partial charge in [-0.05, 0) is 26.0 Å². The SMILES string of the molecule is COC(=O)C(C)(C)CNCCSCCCO. The van der Waals surface area contributed by atoms with Crippen LogP contribution < -0.4 is 5.32 Å². The Kier molecular flexibility index (Phi) is 8.70. The minimum Gasteiger partial charge on any atom is -0.469 e. The molecule has 0 aliphatic carbocycles. The molecule has 0 saturated carbocycles. The van der Waals surface area contributed by atoms with E-state index in [1.54, 1.807) is 11.8 Å². The summed E-state index contributed by atoms with van der Waals surface area (Å²) in [5, 5.41) is 11.8. The van der Waals surface area contributed by atoms with Gasteiger partial charge in [0.15, 0.2) is 0 Å². The van der Waals surface area contributed by atoms with Crippen molar-refractivity contribution < 1.29 is 14.6 Å². The molecule has 0 heterocycles. The van der Waals surface area contributed by atoms with E-state index < -0.39 is 5.41 Å². The van der Waals surface area contributed by atoms with Crippen molar-refractivity contribution in [3.8, 4) is 0 Å². The number of thioether (sulfide) groups is 1. The second kappa shape index (κ2) is 8.84. The topological polar surface area (TPSA) is 58.6 Å². The van der Waals surface area contributed by atoms with E-state index in [2.05, 4.69) is 5.32 Å². The van der Waals surface area contributed by atoms with Gasteiger partial charge in [0.25, 0.3) is 0 Å². The number of esters is 1. The predicted octanol–water partition coefficient (Wildman–Crippen LogP) is 0.891. The molecule has 0 atom stereocenters. The largest absolute Gasteiger partial charge is 0.469 e. The fourth-order valence-corrected chi connectivity index (χ4v) is 1.99. The van der Waals surface area contributed by atoms with Crippen LogP contribution in [0.25, 0.3) is 0 Å². The van der Waals surface area contributed by atoms with Gasteiger partial charge in [0.2, 0.25) is 0 Å². The molecule has 0 aliphatic heterocycles. The summed E-state index contributed by atoms with van der Waals surface area (Å²) in [6.07, 6.45) is 0.846. The minimum atomic E-state index is -0.468. The average Bonchev–Trinajstić information content (AvgIpc) is 2.26. The highest BCUT2D eigenvalue weighted by Crippen LogP contribution is 2.15. The lowest BCUT2D eigenvalue weighted by Gasteiger charge is -2.21. The van der Waals surface area contributed by atoms with E-state index in [0.717, 1.165) is 24.5 Å². The Morgan fingerprint density at radius 2 is 2.12 bits per heavy atom. The van der Waals surface area contributed by atoms with Gasteiger partial charge in [0.1, 0.15) is 0 Å². The molecule has 0 aromatic rings. The smallest absolute Gasteiger partial charge is 0.312 e. The fourth-order valence-electron chi connectivity index (χ4n) is 1.16. The fraction of sp³-hybridized carbons (Fsp3) is 0.909. The Balaban J connectivity index is 3.47. The summed E-state index contributed by atoms with van der Waals surface area (Å²) in [5.74, 6) is 1.79. The van der Waals surface area contributed by atoms with E-state index in [-0.39, 0.29) is 12.6 Å². The van der Waals surface area contributed by atoms with Crippen LogP contribution in [0.2, 0.25) is 0 Å². The molecule has 0 fully saturated rings. The summed E-state index contributed by atoms with van der Waals surface area (Å²) in [6.45, 7) is 5.49. The van der Waals surface area contributed by atoms with Gasteiger partial charge in [0.05, 0.1) is 12.5 Å². The third-order valence-electron chi connectivity index (χ3n) is 2.17. The molecular weight excluding hydrogens is 226 g/mol. The molecule has 0 aliphatic rings. The number of carbonyl (C=O) groups excluding carboxylic acids is 1. The molecule has 0 rings (SSSR count). The molecule has 16 heavy (non-hydrogen) atoms. The Bertz CT molecular complexity index is 198. The number of rotatable bonds is 9. The first-order valence-corrected chi connectivity index (χ1v) is 6.68. The van der Waals surface area contributed by atoms with Gasteiger partial charge < -0.3 is 15.2 Å². The van der Waals surface area contributed by atoms with Gasteiger partial charge in [-0.1, -0.05) is 0 Å². The standard InChI is InChI=1S/C11H23NO3S/c1-11(2,10(14)15-3)9-12-5-8-16-7-4-6-13/h12-13H,4-9H2,1-3H3. The highest BCUT2D eigenvalue weighted by molar-refractivity contribution is 7.99. The van der Waals surface area contributed by atoms with E-state index in [0.29, 0.717) is 6.54 Å². The minimum absolute atomic E-state index is 0.187. The van der Waals surface area contributed by atoms with Crippen molar-refractivity contribution >= 4 is 17.7 Å². The van der Waals surface area contributed by atoms with E-state index in [1.165, 1.54) is 7.11 Å². The number of aliphatic hydroxyl groups is 1. The summed E-state index contributed by atoms with van der Waals surface area (Å²) in [4.78, 5) is 11.3. The number of hydrogen-bond acceptors (Lipinski definition) is 5. The van der Waals surface area contributed by atoms with Crippen LogP contribution in [0.15, 0.2) is 0 Å². The van der Waals surface area contributed by atoms with Gasteiger partial charge in [0, 0.05) is 25.4 Å². The number of aliphatic hydroxyl groups excluding tert-OH is 1. The van der Waals surface area contributed by atoms with Crippen molar-refractivity contribution in [2.24, 2.45) is 5.41 Å². The normalized spacial score (nSPS) is 11.5. The van der Waals surface area contributed by atoms with Crippen LogP contribution in [0, 0.1) is 5.41 Å². The highest BCUT2D eigenvalue weighted by Gasteiger charge is 2.27. The van der Waals surface area contributed by atoms with E-state index in [9.17, 15) is 4.79 Å². The van der Waals surface area contributed by atoms with E-state index in [1.807, 2.05) is 13.8 Å². The summed E-state index contributed by atoms with van der Waals surface area (Å²) >= 11 is 1.80. The summed E-state index contributed by atoms with van der Waals surface area (Å²) in [5.41, 5.74) is -0.468. The monoisotopic (exact) mass is 249 g/mol. The van der Waals surface area contributed by atoms with E-state index in [4.69, 9.17) is 9.84 Å². The van der Waals surface area contributed by atoms with Gasteiger partial charge in [-0.15, -0.1) is 0 Å². The molecule has 4 nitrogen and oxygen atoms in total. The van der Waals surface area contributed by atoms with Crippen LogP contribution in [0.3, 0.4) is 0 Å². The molecule has 0 aromatic carbocycles. The van der Waals surface area contributed by atoms with Crippen molar-refractivity contribution in [3.63, 3.8) is 0 Å². The molecular formula is C11H23NO3S. The van der Waals surface area contributed by atoms with Gasteiger partial charge >= 0.3 is 5.97 Å². The second-order valence-corrected chi connectivity index (χ2v) is 5.47. The Morgan fingerprint density at radius 1 is 1.44 bits per heavy atom. The third kappa shape index (κ3) is 7.09. The third-order valence-corrected chi connectivity index (χ3v) is 3.25. The molecule has 0 radical (unpaired) electrons. The zero-order valence-electron chi connectivity index (χ0n) is 10.4. The molecule has 96 valence electrons. The van der Waals surface area contributed by atoms with Crippen LogP contribution in [-0.4, -0.2) is 49.4 Å². The summed E-state index contributed by atoms with van der Waals surface area (Å²) in [6, 6.07) is 0. The maximum atomic E-state index is 11.3. The first-order chi connectivity index (χ1) is 7.54. The lowest BCUT2D eigenvalue weighted by Crippen LogP contribution is -2.37. The number of carbonyl (C=O) groups is 1. The zero-order valence-corrected chi connectivity index (χ0v) is 11.2. The number of methoxy groups -OCH3 is 1. The molecule has 0 spiro atoms. The number of hydrogen-bond donors (Lipinski definition) is 2. The zero-order chi connectivity index (χ0) is 12.4. The number of ether oxygens (including phenoxy) is 1. The summed E-state index contributed by atoms with van der Waals surface area (Å²) < 4.78 is 4.71. The quantitative estimate of drug-likeness (QED) is 0.469. The van der Waals surface area contributed by atoms with Crippen molar-refractivity contribution in [3.05, 3.63) is 0 Å². The van der Waals surface area contributed by atoms with Gasteiger partial charge in [-0.3, -0.25) is 4.79 Å². The Morgan fingerprint density at radius 3 is 2.69 bits per heavy atom. The highest BCUT2D eigenvalue weighted by atomic mass is 32.2. The van der Waals surface area contributed by atoms with Gasteiger partial charge in [-0.2, -0.15) is 11.8 Å². The Labute approximate surface area is 102 Å². The van der Waals surface area contributed by atoms with Crippen LogP contribution in [0.1, 0.15) is 20.3 Å². The molecule has 2 N–H and O–H groups in total. The molecule has 0 bridgehead atoms. The molecule has 0 unspecified atom stereocenters. The first-order valence-electron chi connectivity index (χ1n) is 5.52. The van der Waals surface area contributed by atoms with Crippen LogP contribution >= 0.6 is 11.8 Å². The molecule has 0 saturated heterocycles. The van der Waals surface area contributed by atoms with Gasteiger partial charge in [-0.25, -0.2) is 0 Å². The number of nitrogens with one attached hydrogen (secondary N) is 1. The maximum absolute atomic E-state index is 11.3. The maximum Gasteiger partial charge on any atom is 0.312 e. The summed E-state index contributed by atoms with van der Waals surface area (Å²) in [7, 11) is 1.41. The molecule has 0 amide bonds.